The molecule has 2 nitrogen and oxygen atoms in total. The molecule has 0 spiro atoms. The number of hydrogen-bond donors (Lipinski definition) is 0. The fraction of sp³-hybridized carbons (Fsp3) is 0.480. The molecule has 29 heavy (non-hydrogen) atoms. The highest BCUT2D eigenvalue weighted by molar-refractivity contribution is 6.42. The molecule has 1 fully saturated rings. The zero-order valence-corrected chi connectivity index (χ0v) is 18.7. The van der Waals surface area contributed by atoms with Crippen molar-refractivity contribution in [2.24, 2.45) is 5.92 Å². The van der Waals surface area contributed by atoms with Gasteiger partial charge in [0.1, 0.15) is 0 Å². The molecule has 0 N–H and O–H groups in total. The van der Waals surface area contributed by atoms with Crippen LogP contribution in [0.15, 0.2) is 48.5 Å². The van der Waals surface area contributed by atoms with Gasteiger partial charge in [-0.2, -0.15) is 5.26 Å². The first-order chi connectivity index (χ1) is 14.1. The van der Waals surface area contributed by atoms with E-state index in [4.69, 9.17) is 23.2 Å². The molecule has 1 aliphatic rings. The van der Waals surface area contributed by atoms with Gasteiger partial charge in [0, 0.05) is 6.54 Å². The average molecular weight is 429 g/mol. The Balaban J connectivity index is 1.63. The summed E-state index contributed by atoms with van der Waals surface area (Å²) in [5, 5.41) is 11.3. The zero-order chi connectivity index (χ0) is 20.7. The van der Waals surface area contributed by atoms with Crippen LogP contribution in [-0.2, 0) is 11.8 Å². The molecule has 0 radical (unpaired) electrons. The first kappa shape index (κ1) is 22.2. The topological polar surface area (TPSA) is 27.0 Å². The van der Waals surface area contributed by atoms with Crippen molar-refractivity contribution in [2.75, 3.05) is 19.6 Å². The number of nitrogens with zero attached hydrogens (tertiary/aromatic N) is 2. The molecular formula is C25H30Cl2N2. The van der Waals surface area contributed by atoms with Crippen LogP contribution in [0.2, 0.25) is 10.0 Å². The van der Waals surface area contributed by atoms with Gasteiger partial charge in [0.2, 0.25) is 0 Å². The summed E-state index contributed by atoms with van der Waals surface area (Å²) in [6.07, 6.45) is 6.35. The lowest BCUT2D eigenvalue weighted by Gasteiger charge is -2.29. The summed E-state index contributed by atoms with van der Waals surface area (Å²) in [5.74, 6) is 0.439. The summed E-state index contributed by atoms with van der Waals surface area (Å²) in [4.78, 5) is 2.54. The predicted molar refractivity (Wildman–Crippen MR) is 123 cm³/mol. The maximum Gasteiger partial charge on any atom is 0.0851 e. The first-order valence-corrected chi connectivity index (χ1v) is 11.5. The average Bonchev–Trinajstić information content (AvgIpc) is 3.58. The SMILES string of the molecule is CCCN(CCCC(C#N)(c1ccc(Cl)c(Cl)c1)C1CC1)CCc1ccccc1. The van der Waals surface area contributed by atoms with Crippen molar-refractivity contribution in [2.45, 2.75) is 50.9 Å². The lowest BCUT2D eigenvalue weighted by molar-refractivity contribution is 0.260. The Labute approximate surface area is 185 Å². The Morgan fingerprint density at radius 3 is 2.41 bits per heavy atom. The van der Waals surface area contributed by atoms with E-state index in [0.29, 0.717) is 16.0 Å². The quantitative estimate of drug-likeness (QED) is 0.388. The summed E-state index contributed by atoms with van der Waals surface area (Å²) < 4.78 is 0. The fourth-order valence-electron chi connectivity index (χ4n) is 4.31. The van der Waals surface area contributed by atoms with E-state index < -0.39 is 5.41 Å². The van der Waals surface area contributed by atoms with E-state index in [1.807, 2.05) is 18.2 Å². The van der Waals surface area contributed by atoms with E-state index >= 15 is 0 Å². The summed E-state index contributed by atoms with van der Waals surface area (Å²) >= 11 is 12.4. The molecule has 0 amide bonds. The smallest absolute Gasteiger partial charge is 0.0851 e. The third-order valence-corrected chi connectivity index (χ3v) is 6.79. The molecule has 0 aliphatic heterocycles. The second-order valence-electron chi connectivity index (χ2n) is 8.17. The fourth-order valence-corrected chi connectivity index (χ4v) is 4.61. The van der Waals surface area contributed by atoms with Gasteiger partial charge in [0.25, 0.3) is 0 Å². The summed E-state index contributed by atoms with van der Waals surface area (Å²) in [6, 6.07) is 19.1. The molecule has 0 heterocycles. The van der Waals surface area contributed by atoms with Crippen LogP contribution in [0.1, 0.15) is 50.2 Å². The van der Waals surface area contributed by atoms with Crippen LogP contribution in [0.25, 0.3) is 0 Å². The maximum absolute atomic E-state index is 10.2. The minimum atomic E-state index is -0.439. The Morgan fingerprint density at radius 2 is 1.79 bits per heavy atom. The molecule has 154 valence electrons. The van der Waals surface area contributed by atoms with Crippen LogP contribution in [-0.4, -0.2) is 24.5 Å². The number of benzene rings is 2. The van der Waals surface area contributed by atoms with Crippen molar-refractivity contribution in [3.8, 4) is 6.07 Å². The number of rotatable bonds is 11. The molecule has 2 aromatic carbocycles. The van der Waals surface area contributed by atoms with Crippen molar-refractivity contribution < 1.29 is 0 Å². The molecule has 1 atom stereocenters. The van der Waals surface area contributed by atoms with Crippen molar-refractivity contribution in [3.05, 3.63) is 69.7 Å². The van der Waals surface area contributed by atoms with Gasteiger partial charge in [-0.3, -0.25) is 0 Å². The first-order valence-electron chi connectivity index (χ1n) is 10.7. The summed E-state index contributed by atoms with van der Waals surface area (Å²) in [6.45, 7) is 5.42. The Kier molecular flexibility index (Phi) is 8.01. The molecular weight excluding hydrogens is 399 g/mol. The Hall–Kier alpha value is -1.53. The molecule has 0 saturated heterocycles. The van der Waals surface area contributed by atoms with Gasteiger partial charge in [-0.15, -0.1) is 0 Å². The third kappa shape index (κ3) is 5.76. The second kappa shape index (κ2) is 10.5. The second-order valence-corrected chi connectivity index (χ2v) is 8.98. The highest BCUT2D eigenvalue weighted by Gasteiger charge is 2.46. The Bertz CT molecular complexity index is 826. The van der Waals surface area contributed by atoms with Gasteiger partial charge < -0.3 is 4.90 Å². The molecule has 0 bridgehead atoms. The van der Waals surface area contributed by atoms with Crippen LogP contribution in [0.5, 0.6) is 0 Å². The predicted octanol–water partition coefficient (Wildman–Crippen LogP) is 6.90. The standard InChI is InChI=1S/C25H30Cl2N2/c1-2-15-29(17-13-20-7-4-3-5-8-20)16-6-14-25(19-28,21-9-10-21)22-11-12-23(26)24(27)18-22/h3-5,7-8,11-12,18,21H,2,6,9-10,13-17H2,1H3. The van der Waals surface area contributed by atoms with Gasteiger partial charge in [-0.1, -0.05) is 66.5 Å². The van der Waals surface area contributed by atoms with E-state index in [9.17, 15) is 5.26 Å². The van der Waals surface area contributed by atoms with Crippen LogP contribution in [0.3, 0.4) is 0 Å². The van der Waals surface area contributed by atoms with Gasteiger partial charge in [-0.05, 0) is 80.8 Å². The molecule has 0 aromatic heterocycles. The van der Waals surface area contributed by atoms with Gasteiger partial charge in [-0.25, -0.2) is 0 Å². The monoisotopic (exact) mass is 428 g/mol. The van der Waals surface area contributed by atoms with E-state index in [0.717, 1.165) is 63.7 Å². The lowest BCUT2D eigenvalue weighted by Crippen LogP contribution is -2.32. The van der Waals surface area contributed by atoms with Crippen LogP contribution >= 0.6 is 23.2 Å². The van der Waals surface area contributed by atoms with Crippen molar-refractivity contribution in [3.63, 3.8) is 0 Å². The number of nitriles is 1. The normalized spacial score (nSPS) is 15.8. The molecule has 2 aromatic rings. The minimum Gasteiger partial charge on any atom is -0.303 e. The minimum absolute atomic E-state index is 0.439. The van der Waals surface area contributed by atoms with E-state index in [2.05, 4.69) is 48.2 Å². The van der Waals surface area contributed by atoms with Crippen LogP contribution < -0.4 is 0 Å². The van der Waals surface area contributed by atoms with Gasteiger partial charge in [0.15, 0.2) is 0 Å². The molecule has 4 heteroatoms. The van der Waals surface area contributed by atoms with Crippen LogP contribution in [0.4, 0.5) is 0 Å². The van der Waals surface area contributed by atoms with Gasteiger partial charge in [0.05, 0.1) is 21.5 Å². The number of hydrogen-bond acceptors (Lipinski definition) is 2. The van der Waals surface area contributed by atoms with E-state index in [1.54, 1.807) is 0 Å². The van der Waals surface area contributed by atoms with E-state index in [1.165, 1.54) is 5.56 Å². The largest absolute Gasteiger partial charge is 0.303 e. The van der Waals surface area contributed by atoms with Gasteiger partial charge >= 0.3 is 0 Å². The lowest BCUT2D eigenvalue weighted by atomic mass is 9.74. The van der Waals surface area contributed by atoms with Crippen LogP contribution in [0, 0.1) is 17.2 Å². The third-order valence-electron chi connectivity index (χ3n) is 6.05. The van der Waals surface area contributed by atoms with E-state index in [-0.39, 0.29) is 0 Å². The maximum atomic E-state index is 10.2. The molecule has 1 unspecified atom stereocenters. The Morgan fingerprint density at radius 1 is 1.03 bits per heavy atom. The summed E-state index contributed by atoms with van der Waals surface area (Å²) in [7, 11) is 0. The summed E-state index contributed by atoms with van der Waals surface area (Å²) in [5.41, 5.74) is 1.97. The van der Waals surface area contributed by atoms with Crippen molar-refractivity contribution in [1.29, 1.82) is 5.26 Å². The zero-order valence-electron chi connectivity index (χ0n) is 17.2. The molecule has 3 rings (SSSR count). The highest BCUT2D eigenvalue weighted by atomic mass is 35.5. The highest BCUT2D eigenvalue weighted by Crippen LogP contribution is 2.50. The molecule has 1 aliphatic carbocycles. The number of halogens is 2. The van der Waals surface area contributed by atoms with Crippen molar-refractivity contribution >= 4 is 23.2 Å². The van der Waals surface area contributed by atoms with Crippen molar-refractivity contribution in [1.82, 2.24) is 4.90 Å². The molecule has 1 saturated carbocycles.